The number of morpholine rings is 1. The van der Waals surface area contributed by atoms with E-state index < -0.39 is 12.1 Å². The highest BCUT2D eigenvalue weighted by molar-refractivity contribution is 5.94. The quantitative estimate of drug-likeness (QED) is 0.722. The fraction of sp³-hybridized carbons (Fsp3) is 0.600. The summed E-state index contributed by atoms with van der Waals surface area (Å²) in [5, 5.41) is 10.5. The Morgan fingerprint density at radius 3 is 2.68 bits per heavy atom. The predicted molar refractivity (Wildman–Crippen MR) is 104 cm³/mol. The summed E-state index contributed by atoms with van der Waals surface area (Å²) in [6.45, 7) is 2.61. The maximum Gasteiger partial charge on any atom is 0.490 e. The maximum atomic E-state index is 12.8. The average Bonchev–Trinajstić information content (AvgIpc) is 3.42. The Kier molecular flexibility index (Phi) is 7.47. The predicted octanol–water partition coefficient (Wildman–Crippen LogP) is 2.94. The minimum atomic E-state index is -5.08. The third kappa shape index (κ3) is 6.65. The number of nitrogens with zero attached hydrogens (tertiary/aromatic N) is 3. The number of halogens is 3. The number of hydrogen-bond acceptors (Lipinski definition) is 6. The fourth-order valence-corrected chi connectivity index (χ4v) is 3.31. The average molecular weight is 442 g/mol. The minimum Gasteiger partial charge on any atom is -0.475 e. The molecule has 1 unspecified atom stereocenters. The van der Waals surface area contributed by atoms with Crippen molar-refractivity contribution in [1.82, 2.24) is 14.9 Å². The van der Waals surface area contributed by atoms with Crippen LogP contribution in [-0.2, 0) is 14.3 Å². The number of aromatic nitrogens is 2. The zero-order valence-electron chi connectivity index (χ0n) is 16.9. The van der Waals surface area contributed by atoms with Gasteiger partial charge in [-0.25, -0.2) is 14.8 Å². The summed E-state index contributed by atoms with van der Waals surface area (Å²) in [4.78, 5) is 32.7. The summed E-state index contributed by atoms with van der Waals surface area (Å²) in [7, 11) is 0. The van der Waals surface area contributed by atoms with Gasteiger partial charge in [0.2, 0.25) is 5.91 Å². The number of amides is 1. The van der Waals surface area contributed by atoms with Gasteiger partial charge in [-0.2, -0.15) is 13.2 Å². The third-order valence-corrected chi connectivity index (χ3v) is 5.19. The zero-order chi connectivity index (χ0) is 22.4. The molecule has 3 aliphatic rings. The highest BCUT2D eigenvalue weighted by Crippen LogP contribution is 2.30. The van der Waals surface area contributed by atoms with E-state index in [9.17, 15) is 18.0 Å². The monoisotopic (exact) mass is 442 g/mol. The standard InChI is InChI=1S/C18H24N4O2.C2HF3O2/c23-18(14-3-1-2-4-14)22-9-10-24-12-15(22)17-19-8-7-16(21-17)20-11-13-5-6-13;3-2(4,5)1(6)7/h3,7-8,13,15H,1-2,4-6,9-12H2,(H,19,20,21);(H,6,7). The molecule has 4 rings (SSSR count). The zero-order valence-corrected chi connectivity index (χ0v) is 16.9. The maximum absolute atomic E-state index is 12.8. The van der Waals surface area contributed by atoms with Crippen molar-refractivity contribution in [2.45, 2.75) is 44.3 Å². The molecule has 0 aromatic carbocycles. The molecule has 170 valence electrons. The second-order valence-electron chi connectivity index (χ2n) is 7.64. The van der Waals surface area contributed by atoms with E-state index >= 15 is 0 Å². The van der Waals surface area contributed by atoms with Crippen LogP contribution in [0.15, 0.2) is 23.9 Å². The number of nitrogens with one attached hydrogen (secondary N) is 1. The largest absolute Gasteiger partial charge is 0.490 e. The summed E-state index contributed by atoms with van der Waals surface area (Å²) in [6.07, 6.45) is 4.33. The van der Waals surface area contributed by atoms with Crippen LogP contribution in [0.25, 0.3) is 0 Å². The van der Waals surface area contributed by atoms with Crippen LogP contribution in [0.2, 0.25) is 0 Å². The number of hydrogen-bond donors (Lipinski definition) is 2. The molecule has 1 atom stereocenters. The van der Waals surface area contributed by atoms with Gasteiger partial charge in [0.15, 0.2) is 5.82 Å². The van der Waals surface area contributed by atoms with Crippen molar-refractivity contribution in [1.29, 1.82) is 0 Å². The summed E-state index contributed by atoms with van der Waals surface area (Å²) in [5.74, 6) is -0.338. The Bertz CT molecular complexity index is 827. The molecule has 1 saturated carbocycles. The van der Waals surface area contributed by atoms with Crippen LogP contribution in [0.3, 0.4) is 0 Å². The molecule has 2 aliphatic carbocycles. The lowest BCUT2D eigenvalue weighted by Gasteiger charge is -2.35. The highest BCUT2D eigenvalue weighted by Gasteiger charge is 2.38. The van der Waals surface area contributed by atoms with Gasteiger partial charge in [-0.05, 0) is 44.1 Å². The van der Waals surface area contributed by atoms with E-state index in [1.165, 1.54) is 12.8 Å². The molecule has 1 aromatic rings. The second kappa shape index (κ2) is 10.1. The summed E-state index contributed by atoms with van der Waals surface area (Å²) >= 11 is 0. The first-order chi connectivity index (χ1) is 14.8. The van der Waals surface area contributed by atoms with Crippen molar-refractivity contribution < 1.29 is 32.6 Å². The molecule has 1 amide bonds. The molecule has 1 saturated heterocycles. The molecule has 2 N–H and O–H groups in total. The van der Waals surface area contributed by atoms with E-state index in [-0.39, 0.29) is 11.9 Å². The molecular weight excluding hydrogens is 417 g/mol. The molecule has 1 aromatic heterocycles. The van der Waals surface area contributed by atoms with Crippen LogP contribution in [0.5, 0.6) is 0 Å². The summed E-state index contributed by atoms with van der Waals surface area (Å²) < 4.78 is 37.3. The van der Waals surface area contributed by atoms with Gasteiger partial charge in [-0.15, -0.1) is 0 Å². The van der Waals surface area contributed by atoms with E-state index in [1.807, 2.05) is 11.0 Å². The number of alkyl halides is 3. The van der Waals surface area contributed by atoms with Gasteiger partial charge >= 0.3 is 12.1 Å². The van der Waals surface area contributed by atoms with Crippen molar-refractivity contribution in [2.24, 2.45) is 5.92 Å². The van der Waals surface area contributed by atoms with Crippen LogP contribution in [0, 0.1) is 5.92 Å². The molecule has 2 heterocycles. The number of ether oxygens (including phenoxy) is 1. The van der Waals surface area contributed by atoms with Crippen molar-refractivity contribution in [3.63, 3.8) is 0 Å². The van der Waals surface area contributed by atoms with Crippen molar-refractivity contribution in [2.75, 3.05) is 31.6 Å². The van der Waals surface area contributed by atoms with Gasteiger partial charge in [0.05, 0.1) is 13.2 Å². The molecule has 0 spiro atoms. The molecule has 11 heteroatoms. The fourth-order valence-electron chi connectivity index (χ4n) is 3.31. The molecule has 31 heavy (non-hydrogen) atoms. The van der Waals surface area contributed by atoms with Crippen LogP contribution >= 0.6 is 0 Å². The van der Waals surface area contributed by atoms with Crippen LogP contribution in [0.1, 0.15) is 44.0 Å². The van der Waals surface area contributed by atoms with Gasteiger partial charge in [0.1, 0.15) is 11.9 Å². The first-order valence-corrected chi connectivity index (χ1v) is 10.2. The van der Waals surface area contributed by atoms with Crippen LogP contribution in [-0.4, -0.2) is 64.3 Å². The second-order valence-corrected chi connectivity index (χ2v) is 7.64. The van der Waals surface area contributed by atoms with Gasteiger partial charge < -0.3 is 20.1 Å². The van der Waals surface area contributed by atoms with E-state index in [0.717, 1.165) is 43.1 Å². The Labute approximate surface area is 177 Å². The summed E-state index contributed by atoms with van der Waals surface area (Å²) in [6, 6.07) is 1.69. The Balaban J connectivity index is 0.000000339. The van der Waals surface area contributed by atoms with Crippen LogP contribution in [0.4, 0.5) is 19.0 Å². The van der Waals surface area contributed by atoms with E-state index in [4.69, 9.17) is 14.6 Å². The van der Waals surface area contributed by atoms with Gasteiger partial charge in [0, 0.05) is 24.9 Å². The Hall–Kier alpha value is -2.69. The van der Waals surface area contributed by atoms with E-state index in [0.29, 0.717) is 25.6 Å². The Morgan fingerprint density at radius 2 is 2.06 bits per heavy atom. The minimum absolute atomic E-state index is 0.126. The lowest BCUT2D eigenvalue weighted by Crippen LogP contribution is -2.44. The molecule has 1 aliphatic heterocycles. The molecule has 8 nitrogen and oxygen atoms in total. The first kappa shape index (κ1) is 23.0. The number of rotatable bonds is 5. The van der Waals surface area contributed by atoms with Crippen molar-refractivity contribution in [3.8, 4) is 0 Å². The number of carboxylic acids is 1. The first-order valence-electron chi connectivity index (χ1n) is 10.2. The molecule has 2 fully saturated rings. The van der Waals surface area contributed by atoms with E-state index in [2.05, 4.69) is 21.4 Å². The number of aliphatic carboxylic acids is 1. The molecule has 0 bridgehead atoms. The van der Waals surface area contributed by atoms with E-state index in [1.54, 1.807) is 6.20 Å². The third-order valence-electron chi connectivity index (χ3n) is 5.19. The van der Waals surface area contributed by atoms with Crippen molar-refractivity contribution >= 4 is 17.7 Å². The number of allylic oxidation sites excluding steroid dienone is 1. The SMILES string of the molecule is O=C(C1=CCCC1)N1CCOCC1c1nccc(NCC2CC2)n1.O=C(O)C(F)(F)F. The summed E-state index contributed by atoms with van der Waals surface area (Å²) in [5.41, 5.74) is 0.935. The normalized spacial score (nSPS) is 21.1. The Morgan fingerprint density at radius 1 is 1.32 bits per heavy atom. The number of anilines is 1. The van der Waals surface area contributed by atoms with Gasteiger partial charge in [-0.1, -0.05) is 6.08 Å². The molecular formula is C20H25F3N4O4. The highest BCUT2D eigenvalue weighted by atomic mass is 19.4. The lowest BCUT2D eigenvalue weighted by molar-refractivity contribution is -0.192. The number of carbonyl (C=O) groups is 2. The van der Waals surface area contributed by atoms with Gasteiger partial charge in [-0.3, -0.25) is 4.79 Å². The smallest absolute Gasteiger partial charge is 0.475 e. The lowest BCUT2D eigenvalue weighted by atomic mass is 10.1. The number of carboxylic acid groups (broad SMARTS) is 1. The number of carbonyl (C=O) groups excluding carboxylic acids is 1. The topological polar surface area (TPSA) is 105 Å². The van der Waals surface area contributed by atoms with Crippen LogP contribution < -0.4 is 5.32 Å². The molecule has 0 radical (unpaired) electrons. The van der Waals surface area contributed by atoms with Gasteiger partial charge in [0.25, 0.3) is 0 Å². The van der Waals surface area contributed by atoms with Crippen molar-refractivity contribution in [3.05, 3.63) is 29.7 Å².